The van der Waals surface area contributed by atoms with Crippen LogP contribution in [-0.2, 0) is 16.6 Å². The largest absolute Gasteiger partial charge is 0.357 e. The lowest BCUT2D eigenvalue weighted by Crippen LogP contribution is -2.44. The third kappa shape index (κ3) is 7.97. The first-order chi connectivity index (χ1) is 11.5. The second kappa shape index (κ2) is 11.6. The molecule has 0 spiro atoms. The number of hydrogen-bond donors (Lipinski definition) is 2. The number of nitrogens with one attached hydrogen (secondary N) is 2. The molecule has 0 bridgehead atoms. The molecule has 7 nitrogen and oxygen atoms in total. The van der Waals surface area contributed by atoms with E-state index in [-0.39, 0.29) is 29.7 Å². The average Bonchev–Trinajstić information content (AvgIpc) is 2.99. The van der Waals surface area contributed by atoms with Gasteiger partial charge in [0.1, 0.15) is 5.01 Å². The lowest BCUT2D eigenvalue weighted by atomic mass is 10.6. The fourth-order valence-corrected chi connectivity index (χ4v) is 5.42. The number of aromatic nitrogens is 1. The zero-order valence-corrected chi connectivity index (χ0v) is 19.3. The van der Waals surface area contributed by atoms with Gasteiger partial charge in [0.2, 0.25) is 10.0 Å². The highest BCUT2D eigenvalue weighted by molar-refractivity contribution is 14.0. The van der Waals surface area contributed by atoms with E-state index in [1.54, 1.807) is 27.4 Å². The van der Waals surface area contributed by atoms with Crippen molar-refractivity contribution in [2.45, 2.75) is 20.4 Å². The van der Waals surface area contributed by atoms with Gasteiger partial charge in [-0.3, -0.25) is 0 Å². The van der Waals surface area contributed by atoms with E-state index in [1.165, 1.54) is 0 Å². The van der Waals surface area contributed by atoms with Crippen LogP contribution in [0.3, 0.4) is 0 Å². The van der Waals surface area contributed by atoms with Gasteiger partial charge in [-0.15, -0.1) is 35.3 Å². The van der Waals surface area contributed by atoms with Crippen molar-refractivity contribution >= 4 is 63.1 Å². The molecule has 1 saturated heterocycles. The second-order valence-electron chi connectivity index (χ2n) is 5.31. The number of thiazole rings is 1. The summed E-state index contributed by atoms with van der Waals surface area (Å²) in [5, 5.41) is 7.17. The van der Waals surface area contributed by atoms with E-state index in [9.17, 15) is 8.42 Å². The molecule has 0 radical (unpaired) electrons. The molecule has 0 amide bonds. The van der Waals surface area contributed by atoms with Crippen LogP contribution in [0.5, 0.6) is 0 Å². The van der Waals surface area contributed by atoms with Crippen LogP contribution in [-0.4, -0.2) is 67.1 Å². The molecule has 25 heavy (non-hydrogen) atoms. The first-order valence-corrected chi connectivity index (χ1v) is 11.6. The van der Waals surface area contributed by atoms with E-state index in [2.05, 4.69) is 20.6 Å². The molecule has 1 aliphatic heterocycles. The van der Waals surface area contributed by atoms with Crippen molar-refractivity contribution < 1.29 is 8.42 Å². The first-order valence-electron chi connectivity index (χ1n) is 8.00. The van der Waals surface area contributed by atoms with Crippen LogP contribution in [0.15, 0.2) is 11.2 Å². The Labute approximate surface area is 175 Å². The molecule has 0 unspecified atom stereocenters. The van der Waals surface area contributed by atoms with Crippen LogP contribution in [0.1, 0.15) is 16.8 Å². The molecule has 0 atom stereocenters. The molecule has 0 saturated carbocycles. The number of guanidine groups is 1. The number of nitrogens with zero attached hydrogens (tertiary/aromatic N) is 3. The highest BCUT2D eigenvalue weighted by Gasteiger charge is 2.23. The summed E-state index contributed by atoms with van der Waals surface area (Å²) in [4.78, 5) is 9.90. The van der Waals surface area contributed by atoms with Gasteiger partial charge in [0.25, 0.3) is 0 Å². The van der Waals surface area contributed by atoms with Gasteiger partial charge in [0.05, 0.1) is 12.3 Å². The molecule has 2 heterocycles. The predicted molar refractivity (Wildman–Crippen MR) is 118 cm³/mol. The summed E-state index contributed by atoms with van der Waals surface area (Å²) >= 11 is 3.42. The number of rotatable bonds is 7. The van der Waals surface area contributed by atoms with Crippen LogP contribution in [0.4, 0.5) is 0 Å². The monoisotopic (exact) mass is 519 g/mol. The van der Waals surface area contributed by atoms with Crippen molar-refractivity contribution in [2.24, 2.45) is 4.99 Å². The molecule has 0 aliphatic carbocycles. The zero-order valence-electron chi connectivity index (χ0n) is 14.5. The summed E-state index contributed by atoms with van der Waals surface area (Å²) in [6.45, 7) is 6.78. The van der Waals surface area contributed by atoms with Gasteiger partial charge in [0, 0.05) is 48.8 Å². The van der Waals surface area contributed by atoms with E-state index in [0.29, 0.717) is 32.1 Å². The molecule has 1 aromatic heterocycles. The summed E-state index contributed by atoms with van der Waals surface area (Å²) in [5.74, 6) is 2.46. The summed E-state index contributed by atoms with van der Waals surface area (Å²) in [6, 6.07) is 0. The van der Waals surface area contributed by atoms with Crippen molar-refractivity contribution in [2.75, 3.05) is 43.4 Å². The SMILES string of the molecule is CCNC(=NCc1ncc(C)s1)NCCS(=O)(=O)N1CCSCC1.I. The molecule has 144 valence electrons. The number of halogens is 1. The fourth-order valence-electron chi connectivity index (χ4n) is 2.22. The molecule has 1 aliphatic rings. The van der Waals surface area contributed by atoms with Crippen LogP contribution in [0.25, 0.3) is 0 Å². The maximum absolute atomic E-state index is 12.3. The maximum atomic E-state index is 12.3. The van der Waals surface area contributed by atoms with Crippen LogP contribution in [0.2, 0.25) is 0 Å². The summed E-state index contributed by atoms with van der Waals surface area (Å²) in [5.41, 5.74) is 0. The molecular weight excluding hydrogens is 493 g/mol. The summed E-state index contributed by atoms with van der Waals surface area (Å²) in [7, 11) is -3.19. The number of aliphatic imine (C=N–C) groups is 1. The van der Waals surface area contributed by atoms with E-state index in [1.807, 2.05) is 20.0 Å². The third-order valence-electron chi connectivity index (χ3n) is 3.40. The Morgan fingerprint density at radius 1 is 1.36 bits per heavy atom. The van der Waals surface area contributed by atoms with Gasteiger partial charge in [-0.2, -0.15) is 11.8 Å². The van der Waals surface area contributed by atoms with E-state index in [4.69, 9.17) is 0 Å². The van der Waals surface area contributed by atoms with Crippen molar-refractivity contribution in [1.82, 2.24) is 19.9 Å². The van der Waals surface area contributed by atoms with E-state index in [0.717, 1.165) is 27.9 Å². The standard InChI is InChI=1S/C14H25N5O2S3.HI/c1-3-15-14(18-11-13-17-10-12(2)23-13)16-4-9-24(20,21)19-5-7-22-8-6-19;/h10H,3-9,11H2,1-2H3,(H2,15,16,18);1H. The van der Waals surface area contributed by atoms with Crippen molar-refractivity contribution in [3.63, 3.8) is 0 Å². The Kier molecular flexibility index (Phi) is 10.6. The molecule has 11 heteroatoms. The minimum Gasteiger partial charge on any atom is -0.357 e. The molecule has 1 aromatic rings. The highest BCUT2D eigenvalue weighted by atomic mass is 127. The predicted octanol–water partition coefficient (Wildman–Crippen LogP) is 1.50. The van der Waals surface area contributed by atoms with Gasteiger partial charge in [0.15, 0.2) is 5.96 Å². The van der Waals surface area contributed by atoms with Crippen LogP contribution >= 0.6 is 47.1 Å². The van der Waals surface area contributed by atoms with Gasteiger partial charge in [-0.25, -0.2) is 22.7 Å². The average molecular weight is 520 g/mol. The zero-order chi connectivity index (χ0) is 17.4. The summed E-state index contributed by atoms with van der Waals surface area (Å²) < 4.78 is 26.2. The first kappa shape index (κ1) is 22.9. The summed E-state index contributed by atoms with van der Waals surface area (Å²) in [6.07, 6.45) is 1.83. The molecule has 0 aromatic carbocycles. The van der Waals surface area contributed by atoms with Gasteiger partial charge in [-0.05, 0) is 13.8 Å². The van der Waals surface area contributed by atoms with Gasteiger partial charge < -0.3 is 10.6 Å². The van der Waals surface area contributed by atoms with Crippen LogP contribution < -0.4 is 10.6 Å². The minimum absolute atomic E-state index is 0. The minimum atomic E-state index is -3.19. The highest BCUT2D eigenvalue weighted by Crippen LogP contribution is 2.13. The topological polar surface area (TPSA) is 86.7 Å². The molecular formula is C14H26IN5O2S3. The smallest absolute Gasteiger partial charge is 0.215 e. The number of thioether (sulfide) groups is 1. The Balaban J connectivity index is 0.00000312. The lowest BCUT2D eigenvalue weighted by Gasteiger charge is -2.25. The molecule has 2 rings (SSSR count). The lowest BCUT2D eigenvalue weighted by molar-refractivity contribution is 0.443. The van der Waals surface area contributed by atoms with Crippen LogP contribution in [0, 0.1) is 6.92 Å². The Bertz CT molecular complexity index is 645. The van der Waals surface area contributed by atoms with Gasteiger partial charge >= 0.3 is 0 Å². The fraction of sp³-hybridized carbons (Fsp3) is 0.714. The second-order valence-corrected chi connectivity index (χ2v) is 9.95. The van der Waals surface area contributed by atoms with E-state index < -0.39 is 10.0 Å². The molecule has 2 N–H and O–H groups in total. The maximum Gasteiger partial charge on any atom is 0.215 e. The van der Waals surface area contributed by atoms with Crippen molar-refractivity contribution in [1.29, 1.82) is 0 Å². The number of sulfonamides is 1. The van der Waals surface area contributed by atoms with Crippen molar-refractivity contribution in [3.8, 4) is 0 Å². The number of aryl methyl sites for hydroxylation is 1. The normalized spacial score (nSPS) is 16.3. The third-order valence-corrected chi connectivity index (χ3v) is 7.11. The van der Waals surface area contributed by atoms with E-state index >= 15 is 0 Å². The number of hydrogen-bond acceptors (Lipinski definition) is 6. The molecule has 1 fully saturated rings. The Morgan fingerprint density at radius 3 is 2.68 bits per heavy atom. The Morgan fingerprint density at radius 2 is 2.08 bits per heavy atom. The quantitative estimate of drug-likeness (QED) is 0.323. The van der Waals surface area contributed by atoms with Crippen molar-refractivity contribution in [3.05, 3.63) is 16.1 Å². The van der Waals surface area contributed by atoms with Gasteiger partial charge in [-0.1, -0.05) is 0 Å². The Hall–Kier alpha value is -0.110.